The third-order valence-corrected chi connectivity index (χ3v) is 3.84. The summed E-state index contributed by atoms with van der Waals surface area (Å²) in [5.41, 5.74) is 5.68. The number of nitrogens with one attached hydrogen (secondary N) is 1. The molecule has 1 heterocycles. The summed E-state index contributed by atoms with van der Waals surface area (Å²) in [4.78, 5) is 4.37. The zero-order valence-corrected chi connectivity index (χ0v) is 12.0. The van der Waals surface area contributed by atoms with E-state index in [0.29, 0.717) is 12.1 Å². The minimum absolute atomic E-state index is 0.294. The molecule has 0 amide bonds. The number of nitrogens with zero attached hydrogens (tertiary/aromatic N) is 1. The molecule has 2 atom stereocenters. The van der Waals surface area contributed by atoms with Crippen LogP contribution in [0.5, 0.6) is 0 Å². The molecule has 3 heteroatoms. The van der Waals surface area contributed by atoms with Gasteiger partial charge >= 0.3 is 0 Å². The summed E-state index contributed by atoms with van der Waals surface area (Å²) >= 11 is 1.65. The molecule has 0 fully saturated rings. The van der Waals surface area contributed by atoms with Crippen LogP contribution < -0.4 is 5.32 Å². The zero-order valence-electron chi connectivity index (χ0n) is 11.2. The van der Waals surface area contributed by atoms with Crippen LogP contribution >= 0.6 is 11.3 Å². The average molecular weight is 260 g/mol. The summed E-state index contributed by atoms with van der Waals surface area (Å²) < 4.78 is 0. The molecule has 0 bridgehead atoms. The van der Waals surface area contributed by atoms with Gasteiger partial charge in [-0.25, -0.2) is 4.98 Å². The van der Waals surface area contributed by atoms with Crippen LogP contribution in [0.25, 0.3) is 0 Å². The van der Waals surface area contributed by atoms with Gasteiger partial charge in [0.05, 0.1) is 11.2 Å². The predicted molar refractivity (Wildman–Crippen MR) is 77.9 cm³/mol. The van der Waals surface area contributed by atoms with E-state index < -0.39 is 0 Å². The van der Waals surface area contributed by atoms with Crippen molar-refractivity contribution in [2.45, 2.75) is 39.3 Å². The highest BCUT2D eigenvalue weighted by molar-refractivity contribution is 7.07. The third-order valence-electron chi connectivity index (χ3n) is 3.23. The molecule has 0 saturated heterocycles. The van der Waals surface area contributed by atoms with E-state index in [1.807, 2.05) is 5.51 Å². The van der Waals surface area contributed by atoms with Crippen molar-refractivity contribution in [3.05, 3.63) is 52.0 Å². The topological polar surface area (TPSA) is 24.9 Å². The van der Waals surface area contributed by atoms with E-state index in [1.54, 1.807) is 11.3 Å². The van der Waals surface area contributed by atoms with Gasteiger partial charge in [0.2, 0.25) is 0 Å². The summed E-state index contributed by atoms with van der Waals surface area (Å²) in [6.45, 7) is 6.51. The number of aryl methyl sites for hydroxylation is 1. The molecular formula is C15H20N2S. The Morgan fingerprint density at radius 2 is 2.00 bits per heavy atom. The Morgan fingerprint density at radius 3 is 2.56 bits per heavy atom. The van der Waals surface area contributed by atoms with Gasteiger partial charge in [-0.05, 0) is 25.8 Å². The molecule has 2 aromatic rings. The minimum Gasteiger partial charge on any atom is -0.302 e. The molecule has 0 aliphatic rings. The van der Waals surface area contributed by atoms with E-state index in [1.165, 1.54) is 11.1 Å². The molecule has 2 nitrogen and oxygen atoms in total. The molecule has 2 unspecified atom stereocenters. The second-order valence-electron chi connectivity index (χ2n) is 4.67. The first-order chi connectivity index (χ1) is 8.70. The fourth-order valence-corrected chi connectivity index (χ4v) is 2.72. The lowest BCUT2D eigenvalue weighted by Gasteiger charge is -2.21. The number of hydrogen-bond acceptors (Lipinski definition) is 3. The van der Waals surface area contributed by atoms with Crippen LogP contribution in [0.15, 0.2) is 35.2 Å². The normalized spacial score (nSPS) is 14.4. The predicted octanol–water partition coefficient (Wildman–Crippen LogP) is 4.25. The molecule has 1 N–H and O–H groups in total. The van der Waals surface area contributed by atoms with Crippen LogP contribution in [0.4, 0.5) is 0 Å². The van der Waals surface area contributed by atoms with Gasteiger partial charge in [0, 0.05) is 17.5 Å². The van der Waals surface area contributed by atoms with Crippen LogP contribution in [0.1, 0.15) is 49.2 Å². The molecule has 0 aliphatic carbocycles. The highest BCUT2D eigenvalue weighted by Crippen LogP contribution is 2.22. The van der Waals surface area contributed by atoms with Crippen LogP contribution in [0.2, 0.25) is 0 Å². The Hall–Kier alpha value is -1.19. The molecular weight excluding hydrogens is 240 g/mol. The molecule has 96 valence electrons. The lowest BCUT2D eigenvalue weighted by molar-refractivity contribution is 0.451. The van der Waals surface area contributed by atoms with E-state index in [-0.39, 0.29) is 0 Å². The number of rotatable bonds is 5. The largest absolute Gasteiger partial charge is 0.302 e. The lowest BCUT2D eigenvalue weighted by atomic mass is 10.0. The van der Waals surface area contributed by atoms with Crippen molar-refractivity contribution in [3.63, 3.8) is 0 Å². The maximum Gasteiger partial charge on any atom is 0.0795 e. The Balaban J connectivity index is 2.07. The molecule has 0 radical (unpaired) electrons. The van der Waals surface area contributed by atoms with E-state index in [9.17, 15) is 0 Å². The maximum absolute atomic E-state index is 4.37. The summed E-state index contributed by atoms with van der Waals surface area (Å²) in [5, 5.41) is 5.76. The number of hydrogen-bond donors (Lipinski definition) is 1. The molecule has 0 aliphatic heterocycles. The van der Waals surface area contributed by atoms with Crippen molar-refractivity contribution < 1.29 is 0 Å². The first kappa shape index (κ1) is 13.2. The average Bonchev–Trinajstić information content (AvgIpc) is 2.91. The maximum atomic E-state index is 4.37. The monoisotopic (exact) mass is 260 g/mol. The lowest BCUT2D eigenvalue weighted by Crippen LogP contribution is -2.24. The van der Waals surface area contributed by atoms with Crippen LogP contribution in [-0.2, 0) is 0 Å². The Morgan fingerprint density at radius 1 is 1.28 bits per heavy atom. The first-order valence-electron chi connectivity index (χ1n) is 6.41. The van der Waals surface area contributed by atoms with E-state index in [2.05, 4.69) is 60.7 Å². The van der Waals surface area contributed by atoms with Crippen molar-refractivity contribution in [3.8, 4) is 0 Å². The van der Waals surface area contributed by atoms with Crippen molar-refractivity contribution in [2.24, 2.45) is 0 Å². The van der Waals surface area contributed by atoms with Gasteiger partial charge in [-0.3, -0.25) is 0 Å². The van der Waals surface area contributed by atoms with E-state index >= 15 is 0 Å². The zero-order chi connectivity index (χ0) is 13.0. The fourth-order valence-electron chi connectivity index (χ4n) is 2.07. The number of benzene rings is 1. The molecule has 0 saturated carbocycles. The summed E-state index contributed by atoms with van der Waals surface area (Å²) in [6, 6.07) is 9.46. The minimum atomic E-state index is 0.294. The standard InChI is InChI=1S/C15H20N2S/c1-4-14(13-7-5-11(2)6-8-13)17-12(3)15-9-18-10-16-15/h5-10,12,14,17H,4H2,1-3H3. The second-order valence-corrected chi connectivity index (χ2v) is 5.39. The van der Waals surface area contributed by atoms with Crippen molar-refractivity contribution in [1.82, 2.24) is 10.3 Å². The summed E-state index contributed by atoms with van der Waals surface area (Å²) in [6.07, 6.45) is 1.08. The van der Waals surface area contributed by atoms with Crippen molar-refractivity contribution in [1.29, 1.82) is 0 Å². The van der Waals surface area contributed by atoms with Gasteiger partial charge in [0.15, 0.2) is 0 Å². The second kappa shape index (κ2) is 6.12. The van der Waals surface area contributed by atoms with Gasteiger partial charge in [-0.1, -0.05) is 36.8 Å². The molecule has 1 aromatic carbocycles. The van der Waals surface area contributed by atoms with E-state index in [0.717, 1.165) is 12.1 Å². The number of thiazole rings is 1. The highest BCUT2D eigenvalue weighted by Gasteiger charge is 2.14. The Bertz CT molecular complexity index is 462. The van der Waals surface area contributed by atoms with Gasteiger partial charge in [0.25, 0.3) is 0 Å². The molecule has 2 rings (SSSR count). The Labute approximate surface area is 113 Å². The first-order valence-corrected chi connectivity index (χ1v) is 7.35. The third kappa shape index (κ3) is 3.18. The van der Waals surface area contributed by atoms with Gasteiger partial charge < -0.3 is 5.32 Å². The Kier molecular flexibility index (Phi) is 4.50. The molecule has 1 aromatic heterocycles. The fraction of sp³-hybridized carbons (Fsp3) is 0.400. The molecule has 0 spiro atoms. The van der Waals surface area contributed by atoms with Gasteiger partial charge in [0.1, 0.15) is 0 Å². The molecule has 18 heavy (non-hydrogen) atoms. The smallest absolute Gasteiger partial charge is 0.0795 e. The van der Waals surface area contributed by atoms with Gasteiger partial charge in [-0.2, -0.15) is 0 Å². The summed E-state index contributed by atoms with van der Waals surface area (Å²) in [7, 11) is 0. The van der Waals surface area contributed by atoms with Crippen LogP contribution in [0, 0.1) is 6.92 Å². The summed E-state index contributed by atoms with van der Waals surface area (Å²) in [5.74, 6) is 0. The SMILES string of the molecule is CCC(NC(C)c1cscn1)c1ccc(C)cc1. The quantitative estimate of drug-likeness (QED) is 0.869. The van der Waals surface area contributed by atoms with Crippen molar-refractivity contribution in [2.75, 3.05) is 0 Å². The van der Waals surface area contributed by atoms with Crippen molar-refractivity contribution >= 4 is 11.3 Å². The van der Waals surface area contributed by atoms with Crippen LogP contribution in [0.3, 0.4) is 0 Å². The van der Waals surface area contributed by atoms with Gasteiger partial charge in [-0.15, -0.1) is 11.3 Å². The number of aromatic nitrogens is 1. The van der Waals surface area contributed by atoms with E-state index in [4.69, 9.17) is 0 Å². The van der Waals surface area contributed by atoms with Crippen LogP contribution in [-0.4, -0.2) is 4.98 Å². The highest BCUT2D eigenvalue weighted by atomic mass is 32.1.